The quantitative estimate of drug-likeness (QED) is 0.0580. The first kappa shape index (κ1) is 40.8. The number of ether oxygens (including phenoxy) is 2. The van der Waals surface area contributed by atoms with E-state index in [0.29, 0.717) is 31.4 Å². The molecule has 0 unspecified atom stereocenters. The Kier molecular flexibility index (Phi) is 11.0. The van der Waals surface area contributed by atoms with Gasteiger partial charge in [0, 0.05) is 72.8 Å². The number of amides is 4. The number of para-hydroxylation sites is 3. The molecule has 1 fully saturated rings. The third kappa shape index (κ3) is 6.86. The van der Waals surface area contributed by atoms with Gasteiger partial charge in [0.15, 0.2) is 5.72 Å². The molecule has 0 spiro atoms. The average Bonchev–Trinajstić information content (AvgIpc) is 3.95. The minimum absolute atomic E-state index is 0.0132. The maximum Gasteiger partial charge on any atom is 0.253 e. The first-order valence-corrected chi connectivity index (χ1v) is 21.3. The number of likely N-dealkylation sites (N-methyl/N-ethyl adjacent to an activating group) is 1. The van der Waals surface area contributed by atoms with Crippen molar-refractivity contribution in [3.63, 3.8) is 0 Å². The van der Waals surface area contributed by atoms with Crippen LogP contribution in [-0.2, 0) is 31.3 Å². The molecule has 4 atom stereocenters. The lowest BCUT2D eigenvalue weighted by molar-refractivity contribution is -0.264. The van der Waals surface area contributed by atoms with Gasteiger partial charge in [0.25, 0.3) is 11.8 Å². The predicted molar refractivity (Wildman–Crippen MR) is 238 cm³/mol. The molecule has 5 aromatic carbocycles. The third-order valence-corrected chi connectivity index (χ3v) is 12.8. The number of benzene rings is 5. The van der Waals surface area contributed by atoms with E-state index < -0.39 is 18.1 Å². The van der Waals surface area contributed by atoms with Crippen molar-refractivity contribution in [2.45, 2.75) is 82.5 Å². The number of carbonyl (C=O) groups excluding carboxylic acids is 4. The highest BCUT2D eigenvalue weighted by atomic mass is 16.6. The van der Waals surface area contributed by atoms with Gasteiger partial charge in [0.1, 0.15) is 12.3 Å². The number of carbonyl (C=O) groups is 4. The zero-order chi connectivity index (χ0) is 43.1. The monoisotopic (exact) mass is 834 g/mol. The number of hydroxylamine groups is 1. The predicted octanol–water partition coefficient (Wildman–Crippen LogP) is 8.38. The molecule has 7 aromatic rings. The highest BCUT2D eigenvalue weighted by molar-refractivity contribution is 6.31. The highest BCUT2D eigenvalue weighted by Gasteiger charge is 2.55. The van der Waals surface area contributed by atoms with Crippen molar-refractivity contribution in [2.75, 3.05) is 19.5 Å². The van der Waals surface area contributed by atoms with Crippen molar-refractivity contribution in [3.05, 3.63) is 126 Å². The Hall–Kier alpha value is -6.54. The summed E-state index contributed by atoms with van der Waals surface area (Å²) < 4.78 is 18.1. The fourth-order valence-electron chi connectivity index (χ4n) is 10.1. The molecule has 2 bridgehead atoms. The smallest absolute Gasteiger partial charge is 0.253 e. The van der Waals surface area contributed by atoms with E-state index in [1.54, 1.807) is 12.6 Å². The molecule has 0 radical (unpaired) electrons. The summed E-state index contributed by atoms with van der Waals surface area (Å²) in [7, 11) is 3.57. The summed E-state index contributed by atoms with van der Waals surface area (Å²) in [4.78, 5) is 51.6. The van der Waals surface area contributed by atoms with Crippen LogP contribution in [-0.4, -0.2) is 69.2 Å². The zero-order valence-electron chi connectivity index (χ0n) is 35.0. The van der Waals surface area contributed by atoms with Crippen LogP contribution in [0.15, 0.2) is 109 Å². The Labute approximate surface area is 358 Å². The molecule has 1 saturated heterocycles. The van der Waals surface area contributed by atoms with E-state index in [0.717, 1.165) is 86.1 Å². The molecule has 3 aliphatic heterocycles. The average molecular weight is 835 g/mol. The molecule has 5 heterocycles. The molecule has 13 nitrogen and oxygen atoms in total. The van der Waals surface area contributed by atoms with E-state index in [1.165, 1.54) is 0 Å². The second-order valence-electron chi connectivity index (χ2n) is 16.5. The lowest BCUT2D eigenvalue weighted by Crippen LogP contribution is -2.61. The zero-order valence-corrected chi connectivity index (χ0v) is 35.0. The molecule has 4 N–H and O–H groups in total. The van der Waals surface area contributed by atoms with E-state index in [1.807, 2.05) is 96.9 Å². The van der Waals surface area contributed by atoms with Gasteiger partial charge in [-0.2, -0.15) is 0 Å². The van der Waals surface area contributed by atoms with Crippen LogP contribution in [0.25, 0.3) is 43.6 Å². The summed E-state index contributed by atoms with van der Waals surface area (Å²) in [5, 5.41) is 18.4. The van der Waals surface area contributed by atoms with Gasteiger partial charge in [-0.25, -0.2) is 5.48 Å². The van der Waals surface area contributed by atoms with Crippen LogP contribution in [0.4, 0.5) is 5.69 Å². The largest absolute Gasteiger partial charge is 0.374 e. The fourth-order valence-corrected chi connectivity index (χ4v) is 10.1. The number of rotatable bonds is 11. The number of methoxy groups -OCH3 is 1. The molecule has 62 heavy (non-hydrogen) atoms. The normalized spacial score (nSPS) is 19.8. The van der Waals surface area contributed by atoms with E-state index in [4.69, 9.17) is 14.7 Å². The lowest BCUT2D eigenvalue weighted by atomic mass is 9.91. The second kappa shape index (κ2) is 16.7. The van der Waals surface area contributed by atoms with E-state index >= 15 is 0 Å². The minimum Gasteiger partial charge on any atom is -0.374 e. The van der Waals surface area contributed by atoms with Crippen molar-refractivity contribution in [1.29, 1.82) is 0 Å². The Morgan fingerprint density at radius 2 is 1.44 bits per heavy atom. The number of anilines is 1. The standard InChI is InChI=1S/C35H30N4O4.C14H20N2O3/c1-35-32(42-3)25(37(2)34(41)19-11-5-4-6-12-19)17-26(43-35)38-23-15-9-7-13-20(23)28-29-22(18-36-33(29)40)27-21-14-8-10-16-24(21)39(35)31(27)30(28)38;17-13(15-12-8-4-3-5-9-12)10-6-1-2-7-11-14(18)16-19/h4-16,25-26,32H,17-18H2,1-3H3,(H,36,40);3-5,8-9,19H,1-2,6-7,10-11H2,(H,15,17)(H,16,18)/t25-,26-,32-,35+;/m1./s1. The van der Waals surface area contributed by atoms with Crippen molar-refractivity contribution in [1.82, 2.24) is 24.8 Å². The molecule has 2 aromatic heterocycles. The summed E-state index contributed by atoms with van der Waals surface area (Å²) in [5.74, 6) is -0.453. The fraction of sp³-hybridized carbons (Fsp3) is 0.306. The van der Waals surface area contributed by atoms with Gasteiger partial charge in [-0.05, 0) is 61.7 Å². The topological polar surface area (TPSA) is 156 Å². The van der Waals surface area contributed by atoms with Gasteiger partial charge in [-0.15, -0.1) is 0 Å². The van der Waals surface area contributed by atoms with Crippen molar-refractivity contribution >= 4 is 72.9 Å². The molecule has 4 amide bonds. The van der Waals surface area contributed by atoms with E-state index in [-0.39, 0.29) is 29.7 Å². The highest BCUT2D eigenvalue weighted by Crippen LogP contribution is 2.54. The first-order valence-electron chi connectivity index (χ1n) is 21.3. The summed E-state index contributed by atoms with van der Waals surface area (Å²) in [5.41, 5.74) is 7.87. The van der Waals surface area contributed by atoms with Crippen LogP contribution in [0.2, 0.25) is 0 Å². The van der Waals surface area contributed by atoms with Crippen LogP contribution >= 0.6 is 0 Å². The van der Waals surface area contributed by atoms with Crippen LogP contribution in [0.1, 0.15) is 84.4 Å². The van der Waals surface area contributed by atoms with E-state index in [2.05, 4.69) is 51.0 Å². The summed E-state index contributed by atoms with van der Waals surface area (Å²) in [6, 6.07) is 35.0. The molecule has 0 aliphatic carbocycles. The number of unbranched alkanes of at least 4 members (excludes halogenated alkanes) is 3. The van der Waals surface area contributed by atoms with Crippen LogP contribution in [0.3, 0.4) is 0 Å². The SMILES string of the molecule is CO[C@@H]1[C@H](N(C)C(=O)c2ccccc2)C[C@H]2O[C@]1(C)n1c3ccccc3c3c4c(c5c6ccccc6n2c5c31)C(=O)NC4.O=C(CCCCCCC(=O)Nc1ccccc1)NO. The third-order valence-electron chi connectivity index (χ3n) is 12.8. The van der Waals surface area contributed by atoms with Gasteiger partial charge in [0.05, 0.1) is 33.7 Å². The molecule has 0 saturated carbocycles. The Morgan fingerprint density at radius 3 is 2.11 bits per heavy atom. The molecule has 3 aliphatic rings. The van der Waals surface area contributed by atoms with E-state index in [9.17, 15) is 19.2 Å². The maximum atomic E-state index is 13.9. The minimum atomic E-state index is -0.980. The van der Waals surface area contributed by atoms with Crippen LogP contribution < -0.4 is 16.1 Å². The molecule has 318 valence electrons. The lowest BCUT2D eigenvalue weighted by Gasteiger charge is -2.50. The summed E-state index contributed by atoms with van der Waals surface area (Å²) in [6.07, 6.45) is 3.75. The number of nitrogens with one attached hydrogen (secondary N) is 3. The first-order chi connectivity index (χ1) is 30.2. The molecular formula is C49H50N6O7. The van der Waals surface area contributed by atoms with Crippen LogP contribution in [0.5, 0.6) is 0 Å². The van der Waals surface area contributed by atoms with Crippen LogP contribution in [0, 0.1) is 0 Å². The van der Waals surface area contributed by atoms with Gasteiger partial charge in [0.2, 0.25) is 11.8 Å². The number of fused-ring (bicyclic) bond motifs is 13. The molecule has 13 heteroatoms. The van der Waals surface area contributed by atoms with Gasteiger partial charge in [-0.3, -0.25) is 24.4 Å². The number of aromatic nitrogens is 2. The molecular weight excluding hydrogens is 785 g/mol. The van der Waals surface area contributed by atoms with Gasteiger partial charge in [-0.1, -0.05) is 85.6 Å². The van der Waals surface area contributed by atoms with Gasteiger partial charge >= 0.3 is 0 Å². The van der Waals surface area contributed by atoms with Gasteiger partial charge < -0.3 is 34.1 Å². The van der Waals surface area contributed by atoms with Crippen molar-refractivity contribution in [3.8, 4) is 0 Å². The van der Waals surface area contributed by atoms with Crippen molar-refractivity contribution < 1.29 is 33.9 Å². The number of hydrogen-bond donors (Lipinski definition) is 4. The Balaban J connectivity index is 0.000000219. The van der Waals surface area contributed by atoms with Crippen molar-refractivity contribution in [2.24, 2.45) is 0 Å². The Morgan fingerprint density at radius 1 is 0.823 bits per heavy atom. The number of hydrogen-bond acceptors (Lipinski definition) is 7. The maximum absolute atomic E-state index is 13.9. The summed E-state index contributed by atoms with van der Waals surface area (Å²) >= 11 is 0. The summed E-state index contributed by atoms with van der Waals surface area (Å²) in [6.45, 7) is 2.56. The number of nitrogens with zero attached hydrogens (tertiary/aromatic N) is 3. The molecule has 10 rings (SSSR count). The Bertz CT molecular complexity index is 2850. The second-order valence-corrected chi connectivity index (χ2v) is 16.5.